The van der Waals surface area contributed by atoms with Gasteiger partial charge < -0.3 is 14.6 Å². The Kier molecular flexibility index (Phi) is 4.68. The quantitative estimate of drug-likeness (QED) is 0.451. The number of ketones is 1. The van der Waals surface area contributed by atoms with Crippen LogP contribution in [0, 0.1) is 0 Å². The average molecular weight is 190 g/mol. The number of methoxy groups -OCH3 is 1. The summed E-state index contributed by atoms with van der Waals surface area (Å²) in [6.07, 6.45) is -1.73. The molecule has 0 aliphatic rings. The minimum absolute atomic E-state index is 0.378. The molecule has 0 aromatic carbocycles. The van der Waals surface area contributed by atoms with Crippen molar-refractivity contribution in [2.75, 3.05) is 13.7 Å². The van der Waals surface area contributed by atoms with Crippen LogP contribution in [0.1, 0.15) is 6.92 Å². The van der Waals surface area contributed by atoms with E-state index in [-0.39, 0.29) is 6.61 Å². The summed E-state index contributed by atoms with van der Waals surface area (Å²) in [6, 6.07) is 0. The predicted octanol–water partition coefficient (Wildman–Crippen LogP) is -0.782. The molecule has 0 bridgehead atoms. The van der Waals surface area contributed by atoms with Crippen molar-refractivity contribution in [3.05, 3.63) is 0 Å². The van der Waals surface area contributed by atoms with Crippen LogP contribution < -0.4 is 0 Å². The molecule has 13 heavy (non-hydrogen) atoms. The van der Waals surface area contributed by atoms with Crippen molar-refractivity contribution in [2.45, 2.75) is 13.0 Å². The van der Waals surface area contributed by atoms with E-state index in [1.54, 1.807) is 0 Å². The first kappa shape index (κ1) is 11.6. The summed E-state index contributed by atoms with van der Waals surface area (Å²) in [7, 11) is 1.25. The third-order valence-corrected chi connectivity index (χ3v) is 1.11. The summed E-state index contributed by atoms with van der Waals surface area (Å²) in [6.45, 7) is 0.649. The lowest BCUT2D eigenvalue weighted by Gasteiger charge is -2.09. The van der Waals surface area contributed by atoms with Crippen LogP contribution in [0.25, 0.3) is 0 Å². The van der Waals surface area contributed by atoms with Crippen molar-refractivity contribution in [1.29, 1.82) is 0 Å². The van der Waals surface area contributed by atoms with Gasteiger partial charge in [0.25, 0.3) is 6.10 Å². The van der Waals surface area contributed by atoms with Crippen LogP contribution in [-0.4, -0.2) is 42.6 Å². The Morgan fingerprint density at radius 2 is 1.92 bits per heavy atom. The fourth-order valence-electron chi connectivity index (χ4n) is 0.591. The summed E-state index contributed by atoms with van der Waals surface area (Å²) >= 11 is 0. The SMILES string of the molecule is COCC(=O)OC(C(C)=O)C(=O)O. The van der Waals surface area contributed by atoms with Gasteiger partial charge in [-0.1, -0.05) is 0 Å². The molecule has 0 radical (unpaired) electrons. The molecule has 0 aliphatic heterocycles. The zero-order valence-electron chi connectivity index (χ0n) is 7.27. The summed E-state index contributed by atoms with van der Waals surface area (Å²) < 4.78 is 8.69. The van der Waals surface area contributed by atoms with Crippen molar-refractivity contribution >= 4 is 17.7 Å². The average Bonchev–Trinajstić information content (AvgIpc) is 1.99. The van der Waals surface area contributed by atoms with Gasteiger partial charge in [0.15, 0.2) is 5.78 Å². The van der Waals surface area contributed by atoms with E-state index in [1.807, 2.05) is 0 Å². The summed E-state index contributed by atoms with van der Waals surface area (Å²) in [5.74, 6) is -3.11. The Morgan fingerprint density at radius 1 is 1.38 bits per heavy atom. The molecule has 0 aromatic rings. The first-order valence-corrected chi connectivity index (χ1v) is 3.40. The standard InChI is InChI=1S/C7H10O6/c1-4(8)6(7(10)11)13-5(9)3-12-2/h6H,3H2,1-2H3,(H,10,11). The van der Waals surface area contributed by atoms with Gasteiger partial charge in [0.05, 0.1) is 0 Å². The highest BCUT2D eigenvalue weighted by atomic mass is 16.6. The minimum Gasteiger partial charge on any atom is -0.478 e. The number of carboxylic acids is 1. The van der Waals surface area contributed by atoms with Crippen LogP contribution in [0.15, 0.2) is 0 Å². The smallest absolute Gasteiger partial charge is 0.352 e. The van der Waals surface area contributed by atoms with Gasteiger partial charge in [-0.05, 0) is 6.92 Å². The third-order valence-electron chi connectivity index (χ3n) is 1.11. The molecule has 0 heterocycles. The van der Waals surface area contributed by atoms with E-state index in [2.05, 4.69) is 9.47 Å². The van der Waals surface area contributed by atoms with Crippen LogP contribution >= 0.6 is 0 Å². The first-order chi connectivity index (χ1) is 5.99. The molecule has 6 nitrogen and oxygen atoms in total. The lowest BCUT2D eigenvalue weighted by molar-refractivity contribution is -0.169. The summed E-state index contributed by atoms with van der Waals surface area (Å²) in [5.41, 5.74) is 0. The molecule has 0 saturated heterocycles. The Bertz CT molecular complexity index is 207. The lowest BCUT2D eigenvalue weighted by atomic mass is 10.2. The number of rotatable bonds is 5. The molecule has 1 unspecified atom stereocenters. The van der Waals surface area contributed by atoms with E-state index >= 15 is 0 Å². The van der Waals surface area contributed by atoms with E-state index in [9.17, 15) is 14.4 Å². The summed E-state index contributed by atoms with van der Waals surface area (Å²) in [5, 5.41) is 8.42. The zero-order chi connectivity index (χ0) is 10.4. The van der Waals surface area contributed by atoms with E-state index in [1.165, 1.54) is 7.11 Å². The van der Waals surface area contributed by atoms with Crippen molar-refractivity contribution in [2.24, 2.45) is 0 Å². The number of ether oxygens (including phenoxy) is 2. The summed E-state index contributed by atoms with van der Waals surface area (Å²) in [4.78, 5) is 31.7. The van der Waals surface area contributed by atoms with Crippen molar-refractivity contribution in [1.82, 2.24) is 0 Å². The third kappa shape index (κ3) is 4.22. The van der Waals surface area contributed by atoms with Crippen molar-refractivity contribution in [3.63, 3.8) is 0 Å². The number of hydrogen-bond donors (Lipinski definition) is 1. The lowest BCUT2D eigenvalue weighted by Crippen LogP contribution is -2.34. The maximum absolute atomic E-state index is 10.7. The van der Waals surface area contributed by atoms with E-state index in [0.29, 0.717) is 0 Å². The fraction of sp³-hybridized carbons (Fsp3) is 0.571. The van der Waals surface area contributed by atoms with Crippen molar-refractivity contribution in [3.8, 4) is 0 Å². The van der Waals surface area contributed by atoms with E-state index < -0.39 is 23.8 Å². The Labute approximate surface area is 74.4 Å². The van der Waals surface area contributed by atoms with Crippen LogP contribution in [0.2, 0.25) is 0 Å². The van der Waals surface area contributed by atoms with Gasteiger partial charge in [-0.15, -0.1) is 0 Å². The molecule has 6 heteroatoms. The largest absolute Gasteiger partial charge is 0.478 e. The van der Waals surface area contributed by atoms with Gasteiger partial charge in [0.1, 0.15) is 6.61 Å². The first-order valence-electron chi connectivity index (χ1n) is 3.40. The van der Waals surface area contributed by atoms with Gasteiger partial charge in [0.2, 0.25) is 0 Å². The van der Waals surface area contributed by atoms with Gasteiger partial charge >= 0.3 is 11.9 Å². The predicted molar refractivity (Wildman–Crippen MR) is 40.1 cm³/mol. The molecule has 0 aliphatic carbocycles. The normalized spacial score (nSPS) is 11.8. The Hall–Kier alpha value is -1.43. The number of esters is 1. The highest BCUT2D eigenvalue weighted by Gasteiger charge is 2.26. The van der Waals surface area contributed by atoms with Crippen LogP contribution in [0.4, 0.5) is 0 Å². The molecule has 0 amide bonds. The van der Waals surface area contributed by atoms with Crippen LogP contribution in [-0.2, 0) is 23.9 Å². The zero-order valence-corrected chi connectivity index (χ0v) is 7.27. The highest BCUT2D eigenvalue weighted by molar-refractivity contribution is 6.01. The second kappa shape index (κ2) is 5.26. The topological polar surface area (TPSA) is 89.9 Å². The number of carbonyl (C=O) groups is 3. The second-order valence-corrected chi connectivity index (χ2v) is 2.25. The van der Waals surface area contributed by atoms with Crippen molar-refractivity contribution < 1.29 is 29.0 Å². The maximum Gasteiger partial charge on any atom is 0.352 e. The number of aliphatic carboxylic acids is 1. The van der Waals surface area contributed by atoms with Gasteiger partial charge in [-0.2, -0.15) is 0 Å². The molecule has 1 N–H and O–H groups in total. The molecular weight excluding hydrogens is 180 g/mol. The number of carbonyl (C=O) groups excluding carboxylic acids is 2. The van der Waals surface area contributed by atoms with Gasteiger partial charge in [0, 0.05) is 7.11 Å². The maximum atomic E-state index is 10.7. The minimum atomic E-state index is -1.73. The van der Waals surface area contributed by atoms with E-state index in [4.69, 9.17) is 5.11 Å². The molecule has 74 valence electrons. The van der Waals surface area contributed by atoms with Gasteiger partial charge in [-0.3, -0.25) is 4.79 Å². The number of hydrogen-bond acceptors (Lipinski definition) is 5. The molecule has 0 rings (SSSR count). The number of Topliss-reactive ketones (excluding diaryl/α,β-unsaturated/α-hetero) is 1. The molecular formula is C7H10O6. The van der Waals surface area contributed by atoms with Crippen LogP contribution in [0.3, 0.4) is 0 Å². The van der Waals surface area contributed by atoms with Gasteiger partial charge in [-0.25, -0.2) is 9.59 Å². The fourth-order valence-corrected chi connectivity index (χ4v) is 0.591. The molecule has 0 fully saturated rings. The monoisotopic (exact) mass is 190 g/mol. The Balaban J connectivity index is 4.19. The molecule has 0 saturated carbocycles. The number of carboxylic acid groups (broad SMARTS) is 1. The van der Waals surface area contributed by atoms with E-state index in [0.717, 1.165) is 6.92 Å². The highest BCUT2D eigenvalue weighted by Crippen LogP contribution is 1.95. The molecule has 0 aromatic heterocycles. The van der Waals surface area contributed by atoms with Crippen LogP contribution in [0.5, 0.6) is 0 Å². The molecule has 1 atom stereocenters. The second-order valence-electron chi connectivity index (χ2n) is 2.25. The molecule has 0 spiro atoms. The Morgan fingerprint density at radius 3 is 2.23 bits per heavy atom.